The number of halogens is 3. The van der Waals surface area contributed by atoms with Crippen LogP contribution in [0.4, 0.5) is 10.1 Å². The summed E-state index contributed by atoms with van der Waals surface area (Å²) < 4.78 is 16.5. The molecule has 0 aliphatic heterocycles. The molecule has 1 aromatic carbocycles. The second-order valence-electron chi connectivity index (χ2n) is 3.71. The number of carbonyl (C=O) groups is 1. The van der Waals surface area contributed by atoms with E-state index in [9.17, 15) is 9.18 Å². The second kappa shape index (κ2) is 5.24. The Kier molecular flexibility index (Phi) is 3.87. The van der Waals surface area contributed by atoms with E-state index in [0.29, 0.717) is 10.2 Å². The molecule has 0 unspecified atom stereocenters. The van der Waals surface area contributed by atoms with Gasteiger partial charge in [-0.25, -0.2) is 4.39 Å². The van der Waals surface area contributed by atoms with Gasteiger partial charge in [-0.1, -0.05) is 6.07 Å². The average Bonchev–Trinajstić information content (AvgIpc) is 2.63. The summed E-state index contributed by atoms with van der Waals surface area (Å²) in [4.78, 5) is 12.0. The van der Waals surface area contributed by atoms with Crippen LogP contribution in [0.15, 0.2) is 39.4 Å². The van der Waals surface area contributed by atoms with Gasteiger partial charge in [0.2, 0.25) is 0 Å². The van der Waals surface area contributed by atoms with E-state index >= 15 is 0 Å². The molecule has 0 saturated heterocycles. The van der Waals surface area contributed by atoms with Crippen LogP contribution < -0.4 is 5.32 Å². The topological polar surface area (TPSA) is 34.0 Å². The number of hydrogen-bond donors (Lipinski definition) is 1. The van der Waals surface area contributed by atoms with Gasteiger partial charge < -0.3 is 9.88 Å². The quantitative estimate of drug-likeness (QED) is 0.847. The number of rotatable bonds is 2. The average molecular weight is 376 g/mol. The van der Waals surface area contributed by atoms with E-state index in [0.717, 1.165) is 4.47 Å². The van der Waals surface area contributed by atoms with Crippen LogP contribution in [0.25, 0.3) is 0 Å². The van der Waals surface area contributed by atoms with Gasteiger partial charge in [0.25, 0.3) is 5.91 Å². The number of aromatic nitrogens is 1. The van der Waals surface area contributed by atoms with Crippen LogP contribution in [0.1, 0.15) is 10.5 Å². The van der Waals surface area contributed by atoms with Crippen LogP contribution in [0.3, 0.4) is 0 Å². The molecule has 1 heterocycles. The molecule has 94 valence electrons. The van der Waals surface area contributed by atoms with Crippen molar-refractivity contribution in [2.24, 2.45) is 7.05 Å². The minimum absolute atomic E-state index is 0.139. The zero-order chi connectivity index (χ0) is 13.3. The molecule has 0 saturated carbocycles. The highest BCUT2D eigenvalue weighted by molar-refractivity contribution is 9.10. The highest BCUT2D eigenvalue weighted by Crippen LogP contribution is 2.26. The van der Waals surface area contributed by atoms with Gasteiger partial charge in [0.1, 0.15) is 11.5 Å². The first-order chi connectivity index (χ1) is 8.49. The Bertz CT molecular complexity index is 590. The Labute approximate surface area is 120 Å². The maximum atomic E-state index is 13.6. The normalized spacial score (nSPS) is 10.4. The third-order valence-corrected chi connectivity index (χ3v) is 3.50. The maximum absolute atomic E-state index is 13.6. The Balaban J connectivity index is 2.30. The Hall–Kier alpha value is -1.14. The van der Waals surface area contributed by atoms with Gasteiger partial charge in [-0.05, 0) is 50.1 Å². The van der Waals surface area contributed by atoms with E-state index in [4.69, 9.17) is 0 Å². The molecule has 0 aliphatic rings. The number of nitrogens with one attached hydrogen (secondary N) is 1. The predicted octanol–water partition coefficient (Wildman–Crippen LogP) is 3.94. The van der Waals surface area contributed by atoms with Crippen LogP contribution in [-0.4, -0.2) is 10.5 Å². The summed E-state index contributed by atoms with van der Waals surface area (Å²) in [5.41, 5.74) is 0.580. The Morgan fingerprint density at radius 1 is 1.39 bits per heavy atom. The zero-order valence-corrected chi connectivity index (χ0v) is 12.5. The van der Waals surface area contributed by atoms with Crippen LogP contribution in [0.2, 0.25) is 0 Å². The van der Waals surface area contributed by atoms with Crippen LogP contribution in [0, 0.1) is 5.82 Å². The fraction of sp³-hybridized carbons (Fsp3) is 0.0833. The van der Waals surface area contributed by atoms with Gasteiger partial charge in [-0.3, -0.25) is 4.79 Å². The fourth-order valence-electron chi connectivity index (χ4n) is 1.54. The summed E-state index contributed by atoms with van der Waals surface area (Å²) in [6, 6.07) is 6.19. The number of hydrogen-bond acceptors (Lipinski definition) is 1. The van der Waals surface area contributed by atoms with Crippen LogP contribution >= 0.6 is 31.9 Å². The minimum atomic E-state index is -0.481. The summed E-state index contributed by atoms with van der Waals surface area (Å²) in [7, 11) is 1.75. The van der Waals surface area contributed by atoms with E-state index < -0.39 is 5.82 Å². The molecule has 1 N–H and O–H groups in total. The summed E-state index contributed by atoms with van der Waals surface area (Å²) in [5.74, 6) is -0.847. The molecule has 1 aromatic heterocycles. The molecule has 2 rings (SSSR count). The fourth-order valence-corrected chi connectivity index (χ4v) is 2.51. The van der Waals surface area contributed by atoms with Gasteiger partial charge in [-0.2, -0.15) is 0 Å². The number of benzene rings is 1. The molecule has 1 amide bonds. The van der Waals surface area contributed by atoms with Gasteiger partial charge >= 0.3 is 0 Å². The van der Waals surface area contributed by atoms with Gasteiger partial charge in [0.15, 0.2) is 0 Å². The van der Waals surface area contributed by atoms with Crippen molar-refractivity contribution in [1.82, 2.24) is 4.57 Å². The Morgan fingerprint density at radius 2 is 2.11 bits per heavy atom. The van der Waals surface area contributed by atoms with E-state index in [2.05, 4.69) is 37.2 Å². The number of amides is 1. The summed E-state index contributed by atoms with van der Waals surface area (Å²) in [6.45, 7) is 0. The molecule has 18 heavy (non-hydrogen) atoms. The lowest BCUT2D eigenvalue weighted by Crippen LogP contribution is -2.16. The predicted molar refractivity (Wildman–Crippen MR) is 75.2 cm³/mol. The van der Waals surface area contributed by atoms with Crippen LogP contribution in [0.5, 0.6) is 0 Å². The van der Waals surface area contributed by atoms with Crippen LogP contribution in [-0.2, 0) is 7.05 Å². The van der Waals surface area contributed by atoms with Gasteiger partial charge in [-0.15, -0.1) is 0 Å². The number of carbonyl (C=O) groups excluding carboxylic acids is 1. The summed E-state index contributed by atoms with van der Waals surface area (Å²) in [6.07, 6.45) is 1.76. The first kappa shape index (κ1) is 13.3. The van der Waals surface area contributed by atoms with E-state index in [1.165, 1.54) is 6.07 Å². The third-order valence-electron chi connectivity index (χ3n) is 2.41. The van der Waals surface area contributed by atoms with Crippen molar-refractivity contribution in [1.29, 1.82) is 0 Å². The summed E-state index contributed by atoms with van der Waals surface area (Å²) >= 11 is 6.48. The van der Waals surface area contributed by atoms with E-state index in [-0.39, 0.29) is 11.6 Å². The number of para-hydroxylation sites is 1. The molecule has 3 nitrogen and oxygen atoms in total. The zero-order valence-electron chi connectivity index (χ0n) is 9.38. The first-order valence-corrected chi connectivity index (χ1v) is 6.65. The molecule has 0 atom stereocenters. The summed E-state index contributed by atoms with van der Waals surface area (Å²) in [5, 5.41) is 2.55. The highest BCUT2D eigenvalue weighted by atomic mass is 79.9. The largest absolute Gasteiger partial charge is 0.345 e. The number of anilines is 1. The molecule has 0 fully saturated rings. The van der Waals surface area contributed by atoms with E-state index in [1.54, 1.807) is 36.0 Å². The van der Waals surface area contributed by atoms with Crippen molar-refractivity contribution in [2.45, 2.75) is 0 Å². The molecule has 2 aromatic rings. The van der Waals surface area contributed by atoms with Crippen molar-refractivity contribution >= 4 is 43.5 Å². The SMILES string of the molecule is Cn1cc(Br)cc1C(=O)Nc1c(F)cccc1Br. The molecular formula is C12H9Br2FN2O. The number of nitrogens with zero attached hydrogens (tertiary/aromatic N) is 1. The monoisotopic (exact) mass is 374 g/mol. The third kappa shape index (κ3) is 2.64. The van der Waals surface area contributed by atoms with Crippen molar-refractivity contribution in [3.05, 3.63) is 50.9 Å². The lowest BCUT2D eigenvalue weighted by Gasteiger charge is -2.08. The van der Waals surface area contributed by atoms with Crippen molar-refractivity contribution < 1.29 is 9.18 Å². The van der Waals surface area contributed by atoms with Crippen molar-refractivity contribution in [3.8, 4) is 0 Å². The molecule has 0 aliphatic carbocycles. The lowest BCUT2D eigenvalue weighted by molar-refractivity contribution is 0.101. The minimum Gasteiger partial charge on any atom is -0.345 e. The van der Waals surface area contributed by atoms with Gasteiger partial charge in [0, 0.05) is 22.2 Å². The number of aryl methyl sites for hydroxylation is 1. The van der Waals surface area contributed by atoms with Crippen molar-refractivity contribution in [2.75, 3.05) is 5.32 Å². The first-order valence-electron chi connectivity index (χ1n) is 5.06. The standard InChI is InChI=1S/C12H9Br2FN2O/c1-17-6-7(13)5-10(17)12(18)16-11-8(14)3-2-4-9(11)15/h2-6H,1H3,(H,16,18). The smallest absolute Gasteiger partial charge is 0.272 e. The second-order valence-corrected chi connectivity index (χ2v) is 5.48. The van der Waals surface area contributed by atoms with Crippen molar-refractivity contribution in [3.63, 3.8) is 0 Å². The molecule has 0 spiro atoms. The molecule has 0 radical (unpaired) electrons. The highest BCUT2D eigenvalue weighted by Gasteiger charge is 2.15. The molecule has 6 heteroatoms. The lowest BCUT2D eigenvalue weighted by atomic mass is 10.3. The maximum Gasteiger partial charge on any atom is 0.272 e. The Morgan fingerprint density at radius 3 is 2.67 bits per heavy atom. The van der Waals surface area contributed by atoms with Gasteiger partial charge in [0.05, 0.1) is 5.69 Å². The molecular weight excluding hydrogens is 367 g/mol. The molecule has 0 bridgehead atoms. The van der Waals surface area contributed by atoms with E-state index in [1.807, 2.05) is 0 Å².